The van der Waals surface area contributed by atoms with Gasteiger partial charge in [-0.05, 0) is 52.8 Å². The van der Waals surface area contributed by atoms with E-state index in [4.69, 9.17) is 4.74 Å². The van der Waals surface area contributed by atoms with E-state index in [9.17, 15) is 19.3 Å². The molecule has 150 valence electrons. The van der Waals surface area contributed by atoms with Crippen molar-refractivity contribution < 1.29 is 18.8 Å². The van der Waals surface area contributed by atoms with E-state index in [1.165, 1.54) is 25.1 Å². The van der Waals surface area contributed by atoms with Crippen LogP contribution in [0.5, 0.6) is 0 Å². The van der Waals surface area contributed by atoms with E-state index < -0.39 is 28.1 Å². The highest BCUT2D eigenvalue weighted by atomic mass is 79.9. The van der Waals surface area contributed by atoms with Gasteiger partial charge in [0.25, 0.3) is 0 Å². The predicted octanol–water partition coefficient (Wildman–Crippen LogP) is 4.84. The topological polar surface area (TPSA) is 98.5 Å². The minimum Gasteiger partial charge on any atom is -0.443 e. The SMILES string of the molecule is Cc1nc(C)c([N+](=O)[O-])c(N(Cc2cc(Br)ccc2F)C(=O)OC(C)(C)C)n1. The number of nitrogens with zero attached hydrogens (tertiary/aromatic N) is 4. The van der Waals surface area contributed by atoms with Crippen molar-refractivity contribution in [2.75, 3.05) is 4.90 Å². The van der Waals surface area contributed by atoms with Crippen molar-refractivity contribution in [1.82, 2.24) is 9.97 Å². The lowest BCUT2D eigenvalue weighted by molar-refractivity contribution is -0.385. The fraction of sp³-hybridized carbons (Fsp3) is 0.389. The van der Waals surface area contributed by atoms with Gasteiger partial charge in [0, 0.05) is 10.0 Å². The molecule has 1 aromatic heterocycles. The van der Waals surface area contributed by atoms with E-state index in [1.807, 2.05) is 0 Å². The number of carbonyl (C=O) groups is 1. The molecule has 1 heterocycles. The molecule has 0 spiro atoms. The number of halogens is 2. The second kappa shape index (κ2) is 8.17. The molecule has 0 saturated heterocycles. The summed E-state index contributed by atoms with van der Waals surface area (Å²) in [7, 11) is 0. The maximum atomic E-state index is 14.3. The molecule has 0 saturated carbocycles. The second-order valence-corrected chi connectivity index (χ2v) is 8.00. The summed E-state index contributed by atoms with van der Waals surface area (Å²) < 4.78 is 20.3. The Morgan fingerprint density at radius 2 is 1.96 bits per heavy atom. The standard InChI is InChI=1S/C18H20BrFN4O4/c1-10-15(24(26)27)16(22-11(2)21-10)23(17(25)28-18(3,4)5)9-12-8-13(19)6-7-14(12)20/h6-8H,9H2,1-5H3. The van der Waals surface area contributed by atoms with Crippen LogP contribution in [0.25, 0.3) is 0 Å². The van der Waals surface area contributed by atoms with Crippen molar-refractivity contribution >= 4 is 33.5 Å². The molecule has 2 rings (SSSR count). The molecule has 0 N–H and O–H groups in total. The Morgan fingerprint density at radius 3 is 2.54 bits per heavy atom. The van der Waals surface area contributed by atoms with Crippen molar-refractivity contribution in [2.24, 2.45) is 0 Å². The highest BCUT2D eigenvalue weighted by Gasteiger charge is 2.33. The number of nitro groups is 1. The molecule has 1 amide bonds. The zero-order chi connectivity index (χ0) is 21.2. The fourth-order valence-electron chi connectivity index (χ4n) is 2.47. The molecule has 0 unspecified atom stereocenters. The van der Waals surface area contributed by atoms with Crippen LogP contribution >= 0.6 is 15.9 Å². The van der Waals surface area contributed by atoms with Crippen LogP contribution in [0.4, 0.5) is 20.7 Å². The van der Waals surface area contributed by atoms with Gasteiger partial charge in [0.15, 0.2) is 0 Å². The summed E-state index contributed by atoms with van der Waals surface area (Å²) in [6.45, 7) is 7.67. The lowest BCUT2D eigenvalue weighted by Gasteiger charge is -2.27. The number of aromatic nitrogens is 2. The number of hydrogen-bond acceptors (Lipinski definition) is 6. The first-order valence-corrected chi connectivity index (χ1v) is 9.12. The Morgan fingerprint density at radius 1 is 1.32 bits per heavy atom. The lowest BCUT2D eigenvalue weighted by Crippen LogP contribution is -2.38. The first kappa shape index (κ1) is 21.7. The molecule has 10 heteroatoms. The van der Waals surface area contributed by atoms with Crippen LogP contribution in [-0.4, -0.2) is 26.6 Å². The van der Waals surface area contributed by atoms with Crippen molar-refractivity contribution in [3.05, 3.63) is 55.7 Å². The molecule has 8 nitrogen and oxygen atoms in total. The lowest BCUT2D eigenvalue weighted by atomic mass is 10.2. The Bertz CT molecular complexity index is 931. The Hall–Kier alpha value is -2.62. The minimum atomic E-state index is -0.882. The summed E-state index contributed by atoms with van der Waals surface area (Å²) in [5, 5.41) is 11.6. The van der Waals surface area contributed by atoms with Gasteiger partial charge in [-0.3, -0.25) is 15.0 Å². The molecule has 28 heavy (non-hydrogen) atoms. The number of rotatable bonds is 4. The van der Waals surface area contributed by atoms with Gasteiger partial charge >= 0.3 is 11.8 Å². The highest BCUT2D eigenvalue weighted by Crippen LogP contribution is 2.31. The third kappa shape index (κ3) is 5.22. The van der Waals surface area contributed by atoms with E-state index in [1.54, 1.807) is 27.7 Å². The number of aryl methyl sites for hydroxylation is 2. The normalized spacial score (nSPS) is 11.2. The summed E-state index contributed by atoms with van der Waals surface area (Å²) in [6, 6.07) is 4.23. The van der Waals surface area contributed by atoms with Crippen molar-refractivity contribution in [1.29, 1.82) is 0 Å². The Balaban J connectivity index is 2.64. The van der Waals surface area contributed by atoms with Gasteiger partial charge in [-0.2, -0.15) is 0 Å². The number of carbonyl (C=O) groups excluding carboxylic acids is 1. The molecule has 0 radical (unpaired) electrons. The average Bonchev–Trinajstić information content (AvgIpc) is 2.52. The van der Waals surface area contributed by atoms with E-state index >= 15 is 0 Å². The molecule has 0 aliphatic heterocycles. The van der Waals surface area contributed by atoms with Gasteiger partial charge in [0.05, 0.1) is 11.5 Å². The number of hydrogen-bond donors (Lipinski definition) is 0. The van der Waals surface area contributed by atoms with Gasteiger partial charge < -0.3 is 4.74 Å². The van der Waals surface area contributed by atoms with E-state index in [-0.39, 0.29) is 29.4 Å². The van der Waals surface area contributed by atoms with Crippen LogP contribution in [0, 0.1) is 29.8 Å². The maximum Gasteiger partial charge on any atom is 0.416 e. The molecule has 0 atom stereocenters. The summed E-state index contributed by atoms with van der Waals surface area (Å²) >= 11 is 3.25. The summed E-state index contributed by atoms with van der Waals surface area (Å²) in [5.41, 5.74) is -1.07. The van der Waals surface area contributed by atoms with Gasteiger partial charge in [-0.25, -0.2) is 19.2 Å². The van der Waals surface area contributed by atoms with Crippen molar-refractivity contribution in [2.45, 2.75) is 46.8 Å². The largest absolute Gasteiger partial charge is 0.443 e. The first-order chi connectivity index (χ1) is 12.9. The zero-order valence-corrected chi connectivity index (χ0v) is 17.7. The summed E-state index contributed by atoms with van der Waals surface area (Å²) in [5.74, 6) is -0.577. The zero-order valence-electron chi connectivity index (χ0n) is 16.1. The van der Waals surface area contributed by atoms with Crippen LogP contribution in [-0.2, 0) is 11.3 Å². The minimum absolute atomic E-state index is 0.0933. The quantitative estimate of drug-likeness (QED) is 0.483. The second-order valence-electron chi connectivity index (χ2n) is 7.09. The number of benzene rings is 1. The third-order valence-electron chi connectivity index (χ3n) is 3.54. The van der Waals surface area contributed by atoms with Gasteiger partial charge in [-0.1, -0.05) is 15.9 Å². The molecule has 0 fully saturated rings. The summed E-state index contributed by atoms with van der Waals surface area (Å²) in [6.07, 6.45) is -0.882. The van der Waals surface area contributed by atoms with Crippen LogP contribution in [0.1, 0.15) is 37.9 Å². The Labute approximate surface area is 170 Å². The Kier molecular flexibility index (Phi) is 6.33. The summed E-state index contributed by atoms with van der Waals surface area (Å²) in [4.78, 5) is 32.8. The van der Waals surface area contributed by atoms with E-state index in [2.05, 4.69) is 25.9 Å². The highest BCUT2D eigenvalue weighted by molar-refractivity contribution is 9.10. The molecular weight excluding hydrogens is 435 g/mol. The van der Waals surface area contributed by atoms with Gasteiger partial charge in [-0.15, -0.1) is 0 Å². The molecule has 0 aliphatic carbocycles. The molecule has 1 aromatic carbocycles. The number of ether oxygens (including phenoxy) is 1. The van der Waals surface area contributed by atoms with E-state index in [0.29, 0.717) is 4.47 Å². The fourth-order valence-corrected chi connectivity index (χ4v) is 2.88. The monoisotopic (exact) mass is 454 g/mol. The number of anilines is 1. The predicted molar refractivity (Wildman–Crippen MR) is 105 cm³/mol. The smallest absolute Gasteiger partial charge is 0.416 e. The van der Waals surface area contributed by atoms with Gasteiger partial charge in [0.1, 0.15) is 22.9 Å². The van der Waals surface area contributed by atoms with Crippen LogP contribution in [0.2, 0.25) is 0 Å². The third-order valence-corrected chi connectivity index (χ3v) is 4.03. The van der Waals surface area contributed by atoms with E-state index in [0.717, 1.165) is 4.90 Å². The van der Waals surface area contributed by atoms with Crippen LogP contribution in [0.15, 0.2) is 22.7 Å². The molecular formula is C18H20BrFN4O4. The van der Waals surface area contributed by atoms with Crippen molar-refractivity contribution in [3.8, 4) is 0 Å². The van der Waals surface area contributed by atoms with Crippen molar-refractivity contribution in [3.63, 3.8) is 0 Å². The maximum absolute atomic E-state index is 14.3. The molecule has 0 bridgehead atoms. The first-order valence-electron chi connectivity index (χ1n) is 8.33. The van der Waals surface area contributed by atoms with Crippen LogP contribution < -0.4 is 4.90 Å². The van der Waals surface area contributed by atoms with Crippen LogP contribution in [0.3, 0.4) is 0 Å². The van der Waals surface area contributed by atoms with Gasteiger partial charge in [0.2, 0.25) is 5.82 Å². The number of amides is 1. The average molecular weight is 455 g/mol. The molecule has 0 aliphatic rings. The molecule has 2 aromatic rings.